The van der Waals surface area contributed by atoms with E-state index in [1.807, 2.05) is 30.3 Å². The third-order valence-corrected chi connectivity index (χ3v) is 7.38. The third-order valence-electron chi connectivity index (χ3n) is 7.13. The van der Waals surface area contributed by atoms with Crippen molar-refractivity contribution in [1.29, 1.82) is 0 Å². The summed E-state index contributed by atoms with van der Waals surface area (Å²) in [6.45, 7) is 4.39. The number of esters is 1. The van der Waals surface area contributed by atoms with Gasteiger partial charge in [-0.3, -0.25) is 0 Å². The molecule has 1 aliphatic heterocycles. The first-order valence-electron chi connectivity index (χ1n) is 11.6. The van der Waals surface area contributed by atoms with E-state index in [1.54, 1.807) is 0 Å². The summed E-state index contributed by atoms with van der Waals surface area (Å²) in [6, 6.07) is 22.2. The molecular formula is C30H28ClN2O2+. The summed E-state index contributed by atoms with van der Waals surface area (Å²) in [5, 5.41) is 1.92. The lowest BCUT2D eigenvalue weighted by atomic mass is 9.80. The quantitative estimate of drug-likeness (QED) is 0.231. The molecule has 5 heteroatoms. The van der Waals surface area contributed by atoms with E-state index >= 15 is 0 Å². The predicted molar refractivity (Wildman–Crippen MR) is 144 cm³/mol. The van der Waals surface area contributed by atoms with Crippen LogP contribution in [-0.2, 0) is 17.2 Å². The average molecular weight is 484 g/mol. The SMILES string of the molecule is COC(=O)c1ccc2c(c1)C(C)(C)C(C=Cc1c(-c3ccc(Cl)cc3)n(C)c3ccccc13)=[N+]2C. The summed E-state index contributed by atoms with van der Waals surface area (Å²) in [6.07, 6.45) is 4.42. The highest BCUT2D eigenvalue weighted by Gasteiger charge is 2.43. The molecule has 0 saturated heterocycles. The van der Waals surface area contributed by atoms with E-state index in [1.165, 1.54) is 18.0 Å². The van der Waals surface area contributed by atoms with Crippen molar-refractivity contribution in [3.63, 3.8) is 0 Å². The van der Waals surface area contributed by atoms with E-state index in [2.05, 4.69) is 85.6 Å². The predicted octanol–water partition coefficient (Wildman–Crippen LogP) is 7.00. The highest BCUT2D eigenvalue weighted by Crippen LogP contribution is 2.41. The van der Waals surface area contributed by atoms with Gasteiger partial charge in [0.15, 0.2) is 5.71 Å². The topological polar surface area (TPSA) is 34.2 Å². The summed E-state index contributed by atoms with van der Waals surface area (Å²) < 4.78 is 9.39. The van der Waals surface area contributed by atoms with Crippen molar-refractivity contribution in [2.75, 3.05) is 14.2 Å². The first-order chi connectivity index (χ1) is 16.7. The lowest BCUT2D eigenvalue weighted by Gasteiger charge is -2.16. The van der Waals surface area contributed by atoms with Crippen molar-refractivity contribution in [1.82, 2.24) is 4.57 Å². The van der Waals surface area contributed by atoms with Gasteiger partial charge in [0.25, 0.3) is 0 Å². The molecule has 0 aliphatic carbocycles. The lowest BCUT2D eigenvalue weighted by Crippen LogP contribution is -2.26. The first kappa shape index (κ1) is 23.1. The van der Waals surface area contributed by atoms with Crippen LogP contribution < -0.4 is 0 Å². The van der Waals surface area contributed by atoms with E-state index < -0.39 is 0 Å². The molecule has 0 fully saturated rings. The maximum absolute atomic E-state index is 12.2. The monoisotopic (exact) mass is 483 g/mol. The van der Waals surface area contributed by atoms with Crippen molar-refractivity contribution in [3.05, 3.63) is 94.5 Å². The molecule has 35 heavy (non-hydrogen) atoms. The Balaban J connectivity index is 1.65. The van der Waals surface area contributed by atoms with Gasteiger partial charge in [0.05, 0.1) is 23.8 Å². The Hall–Kier alpha value is -3.63. The molecule has 0 bridgehead atoms. The number of methoxy groups -OCH3 is 1. The number of ether oxygens (including phenoxy) is 1. The highest BCUT2D eigenvalue weighted by molar-refractivity contribution is 6.30. The van der Waals surface area contributed by atoms with Crippen LogP contribution in [-0.4, -0.2) is 35.0 Å². The zero-order valence-electron chi connectivity index (χ0n) is 20.6. The van der Waals surface area contributed by atoms with Crippen LogP contribution in [0, 0.1) is 0 Å². The number of rotatable bonds is 4. The zero-order chi connectivity index (χ0) is 24.9. The van der Waals surface area contributed by atoms with Crippen LogP contribution in [0.4, 0.5) is 5.69 Å². The molecule has 0 saturated carbocycles. The number of carbonyl (C=O) groups excluding carboxylic acids is 1. The van der Waals surface area contributed by atoms with Gasteiger partial charge >= 0.3 is 5.97 Å². The van der Waals surface area contributed by atoms with E-state index in [9.17, 15) is 4.79 Å². The molecule has 0 unspecified atom stereocenters. The standard InChI is InChI=1S/C30H28ClN2O2/c1-30(2)24-18-20(29(34)35-5)12-16-26(24)32(3)27(30)17-15-23-22-8-6-7-9-25(22)33(4)28(23)19-10-13-21(31)14-11-19/h6-18H,1-5H3/q+1. The van der Waals surface area contributed by atoms with Crippen LogP contribution in [0.2, 0.25) is 5.02 Å². The largest absolute Gasteiger partial charge is 0.465 e. The number of allylic oxidation sites excluding steroid dienone is 1. The zero-order valence-corrected chi connectivity index (χ0v) is 21.4. The Bertz CT molecular complexity index is 1540. The number of para-hydroxylation sites is 1. The second kappa shape index (κ2) is 8.54. The van der Waals surface area contributed by atoms with Gasteiger partial charge in [0.2, 0.25) is 5.69 Å². The Labute approximate surface area is 210 Å². The number of hydrogen-bond donors (Lipinski definition) is 0. The Morgan fingerprint density at radius 2 is 1.74 bits per heavy atom. The smallest absolute Gasteiger partial charge is 0.337 e. The molecule has 5 rings (SSSR count). The Morgan fingerprint density at radius 3 is 2.46 bits per heavy atom. The molecule has 0 N–H and O–H groups in total. The summed E-state index contributed by atoms with van der Waals surface area (Å²) in [4.78, 5) is 12.2. The van der Waals surface area contributed by atoms with Crippen LogP contribution in [0.3, 0.4) is 0 Å². The number of hydrogen-bond acceptors (Lipinski definition) is 2. The summed E-state index contributed by atoms with van der Waals surface area (Å²) in [5.41, 5.74) is 8.24. The van der Waals surface area contributed by atoms with Crippen LogP contribution in [0.15, 0.2) is 72.8 Å². The number of nitrogens with zero attached hydrogens (tertiary/aromatic N) is 2. The molecule has 4 aromatic rings. The van der Waals surface area contributed by atoms with Gasteiger partial charge in [-0.05, 0) is 55.8 Å². The summed E-state index contributed by atoms with van der Waals surface area (Å²) in [7, 11) is 5.59. The minimum atomic E-state index is -0.321. The number of aryl methyl sites for hydroxylation is 1. The second-order valence-electron chi connectivity index (χ2n) is 9.47. The number of halogens is 1. The summed E-state index contributed by atoms with van der Waals surface area (Å²) in [5.74, 6) is -0.321. The second-order valence-corrected chi connectivity index (χ2v) is 9.91. The molecule has 0 radical (unpaired) electrons. The lowest BCUT2D eigenvalue weighted by molar-refractivity contribution is -0.401. The minimum absolute atomic E-state index is 0.282. The van der Waals surface area contributed by atoms with Gasteiger partial charge in [-0.2, -0.15) is 4.58 Å². The van der Waals surface area contributed by atoms with Gasteiger partial charge in [0.1, 0.15) is 7.05 Å². The van der Waals surface area contributed by atoms with Gasteiger partial charge in [-0.25, -0.2) is 4.79 Å². The maximum atomic E-state index is 12.2. The van der Waals surface area contributed by atoms with E-state index in [4.69, 9.17) is 16.3 Å². The van der Waals surface area contributed by atoms with Gasteiger partial charge < -0.3 is 9.30 Å². The van der Waals surface area contributed by atoms with Crippen molar-refractivity contribution < 1.29 is 14.1 Å². The molecule has 2 heterocycles. The van der Waals surface area contributed by atoms with E-state index in [-0.39, 0.29) is 11.4 Å². The third kappa shape index (κ3) is 3.69. The molecule has 1 aromatic heterocycles. The number of aromatic nitrogens is 1. The minimum Gasteiger partial charge on any atom is -0.465 e. The number of fused-ring (bicyclic) bond motifs is 2. The first-order valence-corrected chi connectivity index (χ1v) is 12.0. The van der Waals surface area contributed by atoms with Crippen molar-refractivity contribution in [2.45, 2.75) is 19.3 Å². The molecule has 176 valence electrons. The van der Waals surface area contributed by atoms with Gasteiger partial charge in [-0.1, -0.05) is 41.9 Å². The average Bonchev–Trinajstić information content (AvgIpc) is 3.25. The molecular weight excluding hydrogens is 456 g/mol. The molecule has 0 spiro atoms. The van der Waals surface area contributed by atoms with Crippen molar-refractivity contribution in [2.24, 2.45) is 7.05 Å². The van der Waals surface area contributed by atoms with Crippen LogP contribution in [0.25, 0.3) is 28.2 Å². The maximum Gasteiger partial charge on any atom is 0.337 e. The van der Waals surface area contributed by atoms with Crippen molar-refractivity contribution >= 4 is 45.9 Å². The fourth-order valence-corrected chi connectivity index (χ4v) is 5.42. The van der Waals surface area contributed by atoms with Crippen molar-refractivity contribution in [3.8, 4) is 11.3 Å². The fourth-order valence-electron chi connectivity index (χ4n) is 5.29. The van der Waals surface area contributed by atoms with Crippen LogP contribution in [0.5, 0.6) is 0 Å². The fraction of sp³-hybridized carbons (Fsp3) is 0.200. The molecule has 1 aliphatic rings. The highest BCUT2D eigenvalue weighted by atomic mass is 35.5. The van der Waals surface area contributed by atoms with E-state index in [0.717, 1.165) is 38.8 Å². The summed E-state index contributed by atoms with van der Waals surface area (Å²) >= 11 is 6.18. The van der Waals surface area contributed by atoms with Gasteiger partial charge in [-0.15, -0.1) is 0 Å². The Morgan fingerprint density at radius 1 is 1.03 bits per heavy atom. The molecule has 4 nitrogen and oxygen atoms in total. The number of benzene rings is 3. The van der Waals surface area contributed by atoms with Crippen LogP contribution in [0.1, 0.15) is 35.3 Å². The normalized spacial score (nSPS) is 14.7. The molecule has 0 atom stereocenters. The van der Waals surface area contributed by atoms with E-state index in [0.29, 0.717) is 5.56 Å². The molecule has 3 aromatic carbocycles. The van der Waals surface area contributed by atoms with Crippen LogP contribution >= 0.6 is 11.6 Å². The molecule has 0 amide bonds. The Kier molecular flexibility index (Phi) is 5.65. The number of carbonyl (C=O) groups is 1. The van der Waals surface area contributed by atoms with Gasteiger partial charge in [0, 0.05) is 46.2 Å².